The first-order chi connectivity index (χ1) is 9.89. The molecule has 2 rings (SSSR count). The number of benzene rings is 1. The normalized spacial score (nSPS) is 11.5. The molecule has 21 heavy (non-hydrogen) atoms. The molecule has 1 heterocycles. The maximum absolute atomic E-state index is 12.3. The van der Waals surface area contributed by atoms with E-state index in [-0.39, 0.29) is 12.4 Å². The van der Waals surface area contributed by atoms with E-state index in [0.29, 0.717) is 18.1 Å². The number of para-hydroxylation sites is 2. The third-order valence-corrected chi connectivity index (χ3v) is 2.74. The minimum Gasteiger partial charge on any atom is -0.482 e. The fourth-order valence-electron chi connectivity index (χ4n) is 1.79. The Morgan fingerprint density at radius 1 is 1.19 bits per heavy atom. The standard InChI is InChI=1S/C14H14F3NO3/c1-9-10(7-18)6-11(20-9)8-19-12-4-2-3-5-13(12)21-14(15,16)17/h2-6H,7-8,18H2,1H3. The van der Waals surface area contributed by atoms with Crippen molar-refractivity contribution in [3.8, 4) is 11.5 Å². The molecule has 1 aromatic heterocycles. The van der Waals surface area contributed by atoms with Crippen LogP contribution in [0.1, 0.15) is 17.1 Å². The van der Waals surface area contributed by atoms with Gasteiger partial charge in [0.05, 0.1) is 0 Å². The van der Waals surface area contributed by atoms with Crippen molar-refractivity contribution in [2.75, 3.05) is 0 Å². The maximum atomic E-state index is 12.3. The van der Waals surface area contributed by atoms with E-state index >= 15 is 0 Å². The molecule has 114 valence electrons. The Kier molecular flexibility index (Phi) is 4.42. The topological polar surface area (TPSA) is 57.6 Å². The summed E-state index contributed by atoms with van der Waals surface area (Å²) < 4.78 is 51.4. The average Bonchev–Trinajstić information content (AvgIpc) is 2.76. The minimum atomic E-state index is -4.77. The molecule has 0 bridgehead atoms. The molecule has 0 amide bonds. The van der Waals surface area contributed by atoms with Gasteiger partial charge >= 0.3 is 6.36 Å². The predicted octanol–water partition coefficient (Wildman–Crippen LogP) is 3.52. The second-order valence-electron chi connectivity index (χ2n) is 4.28. The minimum absolute atomic E-state index is 0.0148. The smallest absolute Gasteiger partial charge is 0.482 e. The summed E-state index contributed by atoms with van der Waals surface area (Å²) in [6.45, 7) is 2.06. The van der Waals surface area contributed by atoms with Crippen LogP contribution in [0.4, 0.5) is 13.2 Å². The van der Waals surface area contributed by atoms with Gasteiger partial charge in [0.25, 0.3) is 0 Å². The first-order valence-corrected chi connectivity index (χ1v) is 6.15. The molecule has 0 unspecified atom stereocenters. The molecule has 0 saturated heterocycles. The lowest BCUT2D eigenvalue weighted by molar-refractivity contribution is -0.275. The summed E-state index contributed by atoms with van der Waals surface area (Å²) in [5.41, 5.74) is 6.35. The number of furan rings is 1. The van der Waals surface area contributed by atoms with E-state index < -0.39 is 12.1 Å². The highest BCUT2D eigenvalue weighted by atomic mass is 19.4. The Morgan fingerprint density at radius 2 is 1.86 bits per heavy atom. The van der Waals surface area contributed by atoms with Gasteiger partial charge in [-0.15, -0.1) is 13.2 Å². The molecule has 1 aromatic carbocycles. The number of ether oxygens (including phenoxy) is 2. The van der Waals surface area contributed by atoms with Crippen LogP contribution in [0.5, 0.6) is 11.5 Å². The zero-order chi connectivity index (χ0) is 15.5. The summed E-state index contributed by atoms with van der Waals surface area (Å²) in [6, 6.07) is 7.26. The van der Waals surface area contributed by atoms with Gasteiger partial charge in [-0.1, -0.05) is 12.1 Å². The van der Waals surface area contributed by atoms with Crippen molar-refractivity contribution in [3.05, 3.63) is 47.4 Å². The van der Waals surface area contributed by atoms with E-state index in [1.165, 1.54) is 18.2 Å². The molecule has 2 N–H and O–H groups in total. The van der Waals surface area contributed by atoms with Crippen molar-refractivity contribution in [2.24, 2.45) is 5.73 Å². The Bertz CT molecular complexity index is 608. The van der Waals surface area contributed by atoms with Gasteiger partial charge in [0, 0.05) is 12.1 Å². The zero-order valence-corrected chi connectivity index (χ0v) is 11.2. The van der Waals surface area contributed by atoms with Crippen molar-refractivity contribution in [1.29, 1.82) is 0 Å². The van der Waals surface area contributed by atoms with Crippen molar-refractivity contribution in [3.63, 3.8) is 0 Å². The predicted molar refractivity (Wildman–Crippen MR) is 68.8 cm³/mol. The molecule has 7 heteroatoms. The molecule has 4 nitrogen and oxygen atoms in total. The largest absolute Gasteiger partial charge is 0.573 e. The van der Waals surface area contributed by atoms with Crippen LogP contribution in [0.3, 0.4) is 0 Å². The summed E-state index contributed by atoms with van der Waals surface area (Å²) in [6.07, 6.45) is -4.77. The molecule has 0 aliphatic carbocycles. The third-order valence-electron chi connectivity index (χ3n) is 2.74. The van der Waals surface area contributed by atoms with Gasteiger partial charge in [-0.05, 0) is 25.1 Å². The number of hydrogen-bond acceptors (Lipinski definition) is 4. The molecule has 0 radical (unpaired) electrons. The first kappa shape index (κ1) is 15.2. The van der Waals surface area contributed by atoms with Gasteiger partial charge < -0.3 is 19.6 Å². The lowest BCUT2D eigenvalue weighted by Gasteiger charge is -2.13. The monoisotopic (exact) mass is 301 g/mol. The van der Waals surface area contributed by atoms with E-state index in [2.05, 4.69) is 4.74 Å². The lowest BCUT2D eigenvalue weighted by Crippen LogP contribution is -2.17. The SMILES string of the molecule is Cc1oc(COc2ccccc2OC(F)(F)F)cc1CN. The van der Waals surface area contributed by atoms with Crippen molar-refractivity contribution < 1.29 is 27.1 Å². The second-order valence-corrected chi connectivity index (χ2v) is 4.28. The number of aryl methyl sites for hydroxylation is 1. The number of rotatable bonds is 5. The molecular weight excluding hydrogens is 287 g/mol. The fraction of sp³-hybridized carbons (Fsp3) is 0.286. The van der Waals surface area contributed by atoms with Gasteiger partial charge in [-0.3, -0.25) is 0 Å². The number of alkyl halides is 3. The van der Waals surface area contributed by atoms with Crippen LogP contribution < -0.4 is 15.2 Å². The van der Waals surface area contributed by atoms with E-state index in [0.717, 1.165) is 5.56 Å². The van der Waals surface area contributed by atoms with Crippen LogP contribution in [-0.2, 0) is 13.2 Å². The molecule has 0 fully saturated rings. The second kappa shape index (κ2) is 6.09. The van der Waals surface area contributed by atoms with E-state index in [4.69, 9.17) is 14.9 Å². The Balaban J connectivity index is 2.09. The van der Waals surface area contributed by atoms with Gasteiger partial charge in [-0.2, -0.15) is 0 Å². The third kappa shape index (κ3) is 4.16. The van der Waals surface area contributed by atoms with Gasteiger partial charge in [0.15, 0.2) is 11.5 Å². The molecule has 0 aliphatic heterocycles. The molecule has 0 aliphatic rings. The summed E-state index contributed by atoms with van der Waals surface area (Å²) in [5.74, 6) is 0.733. The van der Waals surface area contributed by atoms with Gasteiger partial charge in [0.1, 0.15) is 18.1 Å². The Morgan fingerprint density at radius 3 is 2.43 bits per heavy atom. The van der Waals surface area contributed by atoms with Crippen molar-refractivity contribution in [1.82, 2.24) is 0 Å². The molecule has 0 saturated carbocycles. The highest BCUT2D eigenvalue weighted by Gasteiger charge is 2.32. The molecule has 2 aromatic rings. The van der Waals surface area contributed by atoms with Crippen LogP contribution in [0.15, 0.2) is 34.7 Å². The molecule has 0 atom stereocenters. The fourth-order valence-corrected chi connectivity index (χ4v) is 1.79. The number of hydrogen-bond donors (Lipinski definition) is 1. The van der Waals surface area contributed by atoms with Crippen molar-refractivity contribution in [2.45, 2.75) is 26.4 Å². The summed E-state index contributed by atoms with van der Waals surface area (Å²) in [4.78, 5) is 0. The quantitative estimate of drug-likeness (QED) is 0.918. The van der Waals surface area contributed by atoms with Gasteiger partial charge in [-0.25, -0.2) is 0 Å². The lowest BCUT2D eigenvalue weighted by atomic mass is 10.2. The van der Waals surface area contributed by atoms with E-state index in [1.807, 2.05) is 0 Å². The average molecular weight is 301 g/mol. The zero-order valence-electron chi connectivity index (χ0n) is 11.2. The van der Waals surface area contributed by atoms with Gasteiger partial charge in [0.2, 0.25) is 0 Å². The van der Waals surface area contributed by atoms with Crippen LogP contribution in [0, 0.1) is 6.92 Å². The van der Waals surface area contributed by atoms with E-state index in [9.17, 15) is 13.2 Å². The molecular formula is C14H14F3NO3. The Labute approximate surface area is 119 Å². The maximum Gasteiger partial charge on any atom is 0.573 e. The number of halogens is 3. The van der Waals surface area contributed by atoms with Crippen LogP contribution in [0.25, 0.3) is 0 Å². The summed E-state index contributed by atoms with van der Waals surface area (Å²) >= 11 is 0. The van der Waals surface area contributed by atoms with E-state index in [1.54, 1.807) is 19.1 Å². The van der Waals surface area contributed by atoms with Crippen LogP contribution >= 0.6 is 0 Å². The molecule has 0 spiro atoms. The highest BCUT2D eigenvalue weighted by Crippen LogP contribution is 2.32. The Hall–Kier alpha value is -2.15. The van der Waals surface area contributed by atoms with Crippen LogP contribution in [0.2, 0.25) is 0 Å². The summed E-state index contributed by atoms with van der Waals surface area (Å²) in [7, 11) is 0. The summed E-state index contributed by atoms with van der Waals surface area (Å²) in [5, 5.41) is 0. The number of nitrogens with two attached hydrogens (primary N) is 1. The van der Waals surface area contributed by atoms with Crippen molar-refractivity contribution >= 4 is 0 Å². The first-order valence-electron chi connectivity index (χ1n) is 6.15. The van der Waals surface area contributed by atoms with Crippen LogP contribution in [-0.4, -0.2) is 6.36 Å². The highest BCUT2D eigenvalue weighted by molar-refractivity contribution is 5.39.